The van der Waals surface area contributed by atoms with E-state index in [4.69, 9.17) is 0 Å². The normalized spacial score (nSPS) is 11.3. The van der Waals surface area contributed by atoms with Crippen molar-refractivity contribution in [3.8, 4) is 0 Å². The summed E-state index contributed by atoms with van der Waals surface area (Å²) in [6, 6.07) is 6.17. The Morgan fingerprint density at radius 2 is 2.10 bits per heavy atom. The van der Waals surface area contributed by atoms with Crippen molar-refractivity contribution in [3.63, 3.8) is 0 Å². The fourth-order valence-corrected chi connectivity index (χ4v) is 2.06. The zero-order valence-corrected chi connectivity index (χ0v) is 10.6. The van der Waals surface area contributed by atoms with Crippen molar-refractivity contribution in [2.75, 3.05) is 11.1 Å². The van der Waals surface area contributed by atoms with Gasteiger partial charge in [0.2, 0.25) is 0 Å². The van der Waals surface area contributed by atoms with Crippen LogP contribution in [0.1, 0.15) is 10.6 Å². The number of tetrazole rings is 1. The Bertz CT molecular complexity index is 587. The van der Waals surface area contributed by atoms with Crippen LogP contribution in [-0.4, -0.2) is 38.5 Å². The number of benzene rings is 1. The molecule has 1 aromatic carbocycles. The van der Waals surface area contributed by atoms with Crippen molar-refractivity contribution >= 4 is 23.4 Å². The summed E-state index contributed by atoms with van der Waals surface area (Å²) < 4.78 is 36.7. The van der Waals surface area contributed by atoms with Crippen LogP contribution in [0.15, 0.2) is 29.2 Å². The number of rotatable bonds is 4. The molecule has 0 aliphatic rings. The van der Waals surface area contributed by atoms with Crippen LogP contribution in [0, 0.1) is 0 Å². The van der Waals surface area contributed by atoms with E-state index in [2.05, 4.69) is 25.9 Å². The maximum atomic E-state index is 12.2. The number of aromatic nitrogens is 4. The van der Waals surface area contributed by atoms with Crippen molar-refractivity contribution in [2.45, 2.75) is 11.1 Å². The molecule has 10 heteroatoms. The molecule has 0 aliphatic carbocycles. The molecule has 1 amide bonds. The van der Waals surface area contributed by atoms with Gasteiger partial charge in [0.1, 0.15) is 0 Å². The van der Waals surface area contributed by atoms with E-state index >= 15 is 0 Å². The lowest BCUT2D eigenvalue weighted by Gasteiger charge is -2.10. The van der Waals surface area contributed by atoms with Crippen LogP contribution < -0.4 is 5.32 Å². The number of thioether (sulfide) groups is 1. The number of amides is 1. The second-order valence-electron chi connectivity index (χ2n) is 3.59. The van der Waals surface area contributed by atoms with E-state index in [9.17, 15) is 18.0 Å². The van der Waals surface area contributed by atoms with Gasteiger partial charge < -0.3 is 5.32 Å². The first-order valence-electron chi connectivity index (χ1n) is 5.29. The Kier molecular flexibility index (Phi) is 4.23. The minimum absolute atomic E-state index is 0.194. The van der Waals surface area contributed by atoms with E-state index in [1.165, 1.54) is 12.1 Å². The number of nitrogens with zero attached hydrogens (tertiary/aromatic N) is 3. The molecule has 0 fully saturated rings. The predicted octanol–water partition coefficient (Wildman–Crippen LogP) is 2.11. The van der Waals surface area contributed by atoms with Gasteiger partial charge in [0.05, 0.1) is 11.4 Å². The number of carbonyl (C=O) groups excluding carboxylic acids is 1. The first-order valence-corrected chi connectivity index (χ1v) is 6.27. The zero-order valence-electron chi connectivity index (χ0n) is 9.81. The highest BCUT2D eigenvalue weighted by molar-refractivity contribution is 7.99. The highest BCUT2D eigenvalue weighted by Gasteiger charge is 2.27. The number of hydrogen-bond donors (Lipinski definition) is 2. The second-order valence-corrected chi connectivity index (χ2v) is 4.61. The van der Waals surface area contributed by atoms with Crippen molar-refractivity contribution in [1.29, 1.82) is 0 Å². The van der Waals surface area contributed by atoms with Gasteiger partial charge in [-0.3, -0.25) is 4.79 Å². The molecule has 1 heterocycles. The number of carbonyl (C=O) groups is 1. The van der Waals surface area contributed by atoms with Gasteiger partial charge in [-0.1, -0.05) is 12.1 Å². The van der Waals surface area contributed by atoms with Crippen LogP contribution in [0.2, 0.25) is 0 Å². The number of hydrogen-bond acceptors (Lipinski definition) is 5. The Morgan fingerprint density at radius 1 is 1.35 bits per heavy atom. The molecule has 0 saturated carbocycles. The molecule has 0 atom stereocenters. The third-order valence-corrected chi connectivity index (χ3v) is 3.21. The third-order valence-electron chi connectivity index (χ3n) is 2.08. The Morgan fingerprint density at radius 3 is 2.75 bits per heavy atom. The number of nitrogens with one attached hydrogen (secondary N) is 2. The molecule has 2 aromatic rings. The monoisotopic (exact) mass is 303 g/mol. The predicted molar refractivity (Wildman–Crippen MR) is 65.4 cm³/mol. The van der Waals surface area contributed by atoms with Crippen molar-refractivity contribution in [1.82, 2.24) is 20.6 Å². The van der Waals surface area contributed by atoms with Gasteiger partial charge in [-0.05, 0) is 17.3 Å². The number of halogens is 3. The molecule has 0 aliphatic heterocycles. The van der Waals surface area contributed by atoms with Crippen LogP contribution in [0.25, 0.3) is 0 Å². The summed E-state index contributed by atoms with van der Waals surface area (Å²) in [6.07, 6.45) is -4.28. The minimum atomic E-state index is -4.28. The van der Waals surface area contributed by atoms with Crippen LogP contribution in [-0.2, 0) is 0 Å². The maximum Gasteiger partial charge on any atom is 0.398 e. The first kappa shape index (κ1) is 14.3. The summed E-state index contributed by atoms with van der Waals surface area (Å²) in [5.74, 6) is -1.89. The highest BCUT2D eigenvalue weighted by Crippen LogP contribution is 2.32. The van der Waals surface area contributed by atoms with E-state index in [-0.39, 0.29) is 11.5 Å². The summed E-state index contributed by atoms with van der Waals surface area (Å²) in [7, 11) is 0. The lowest BCUT2D eigenvalue weighted by molar-refractivity contribution is -0.105. The van der Waals surface area contributed by atoms with Gasteiger partial charge in [0, 0.05) is 4.90 Å². The molecule has 106 valence electrons. The average molecular weight is 303 g/mol. The van der Waals surface area contributed by atoms with E-state index in [1.807, 2.05) is 0 Å². The molecule has 0 bridgehead atoms. The van der Waals surface area contributed by atoms with Crippen LogP contribution in [0.5, 0.6) is 0 Å². The SMILES string of the molecule is O=C(Nc1ccccc1SCC(F)(F)F)c1nn[nH]n1. The molecule has 20 heavy (non-hydrogen) atoms. The number of H-pyrrole nitrogens is 1. The van der Waals surface area contributed by atoms with Crippen LogP contribution in [0.4, 0.5) is 18.9 Å². The Balaban J connectivity index is 2.10. The molecule has 1 aromatic heterocycles. The molecule has 0 saturated heterocycles. The van der Waals surface area contributed by atoms with E-state index in [0.29, 0.717) is 16.7 Å². The van der Waals surface area contributed by atoms with E-state index in [1.54, 1.807) is 12.1 Å². The summed E-state index contributed by atoms with van der Waals surface area (Å²) in [5.41, 5.74) is 0.261. The maximum absolute atomic E-state index is 12.2. The van der Waals surface area contributed by atoms with Gasteiger partial charge >= 0.3 is 6.18 Å². The Hall–Kier alpha value is -2.10. The van der Waals surface area contributed by atoms with Gasteiger partial charge in [0.15, 0.2) is 0 Å². The molecule has 6 nitrogen and oxygen atoms in total. The summed E-state index contributed by atoms with van der Waals surface area (Å²) in [4.78, 5) is 12.0. The van der Waals surface area contributed by atoms with Crippen LogP contribution >= 0.6 is 11.8 Å². The molecule has 0 unspecified atom stereocenters. The van der Waals surface area contributed by atoms with Crippen molar-refractivity contribution in [2.24, 2.45) is 0 Å². The topological polar surface area (TPSA) is 83.6 Å². The lowest BCUT2D eigenvalue weighted by atomic mass is 10.3. The quantitative estimate of drug-likeness (QED) is 0.845. The minimum Gasteiger partial charge on any atom is -0.318 e. The number of anilines is 1. The van der Waals surface area contributed by atoms with Crippen LogP contribution in [0.3, 0.4) is 0 Å². The van der Waals surface area contributed by atoms with Gasteiger partial charge in [-0.2, -0.15) is 18.4 Å². The average Bonchev–Trinajstić information content (AvgIpc) is 2.90. The highest BCUT2D eigenvalue weighted by atomic mass is 32.2. The molecular weight excluding hydrogens is 295 g/mol. The number of alkyl halides is 3. The van der Waals surface area contributed by atoms with Gasteiger partial charge in [-0.25, -0.2) is 0 Å². The summed E-state index contributed by atoms with van der Waals surface area (Å²) in [6.45, 7) is 0. The fourth-order valence-electron chi connectivity index (χ4n) is 1.29. The van der Waals surface area contributed by atoms with Crippen molar-refractivity contribution < 1.29 is 18.0 Å². The summed E-state index contributed by atoms with van der Waals surface area (Å²) >= 11 is 0.589. The van der Waals surface area contributed by atoms with E-state index < -0.39 is 17.8 Å². The second kappa shape index (κ2) is 5.90. The van der Waals surface area contributed by atoms with Gasteiger partial charge in [-0.15, -0.1) is 22.0 Å². The molecular formula is C10H8F3N5OS. The lowest BCUT2D eigenvalue weighted by Crippen LogP contribution is -2.15. The number of para-hydroxylation sites is 1. The van der Waals surface area contributed by atoms with E-state index in [0.717, 1.165) is 0 Å². The largest absolute Gasteiger partial charge is 0.398 e. The smallest absolute Gasteiger partial charge is 0.318 e. The van der Waals surface area contributed by atoms with Gasteiger partial charge in [0.25, 0.3) is 11.7 Å². The Labute approximate surface area is 115 Å². The standard InChI is InChI=1S/C10H8F3N5OS/c11-10(12,13)5-20-7-4-2-1-3-6(7)14-9(19)8-15-17-18-16-8/h1-4H,5H2,(H,14,19)(H,15,16,17,18). The summed E-state index contributed by atoms with van der Waals surface area (Å²) in [5, 5.41) is 14.7. The molecule has 2 N–H and O–H groups in total. The third kappa shape index (κ3) is 3.95. The molecule has 0 spiro atoms. The number of aromatic amines is 1. The molecule has 2 rings (SSSR count). The van der Waals surface area contributed by atoms with Crippen molar-refractivity contribution in [3.05, 3.63) is 30.1 Å². The molecule has 0 radical (unpaired) electrons. The fraction of sp³-hybridized carbons (Fsp3) is 0.200. The first-order chi connectivity index (χ1) is 9.46. The zero-order chi connectivity index (χ0) is 14.6.